The third-order valence-electron chi connectivity index (χ3n) is 3.60. The van der Waals surface area contributed by atoms with Crippen LogP contribution in [-0.4, -0.2) is 27.0 Å². The van der Waals surface area contributed by atoms with Gasteiger partial charge in [-0.05, 0) is 33.8 Å². The van der Waals surface area contributed by atoms with Crippen LogP contribution < -0.4 is 10.9 Å². The van der Waals surface area contributed by atoms with Crippen molar-refractivity contribution in [2.24, 2.45) is 7.05 Å². The van der Waals surface area contributed by atoms with E-state index in [1.807, 2.05) is 0 Å². The molecule has 0 aliphatic rings. The van der Waals surface area contributed by atoms with E-state index >= 15 is 0 Å². The highest BCUT2D eigenvalue weighted by Gasteiger charge is 2.38. The fourth-order valence-electron chi connectivity index (χ4n) is 2.39. The lowest BCUT2D eigenvalue weighted by molar-refractivity contribution is -0.163. The average Bonchev–Trinajstić information content (AvgIpc) is 2.72. The number of halogens is 3. The molecule has 1 amide bonds. The Morgan fingerprint density at radius 2 is 1.88 bits per heavy atom. The Hall–Kier alpha value is -2.45. The fourth-order valence-corrected chi connectivity index (χ4v) is 2.39. The van der Waals surface area contributed by atoms with E-state index in [-0.39, 0.29) is 11.1 Å². The number of nitrogens with zero attached hydrogens (tertiary/aromatic N) is 2. The predicted molar refractivity (Wildman–Crippen MR) is 87.8 cm³/mol. The number of carbonyl (C=O) groups excluding carboxylic acids is 1. The number of amides is 1. The third kappa shape index (κ3) is 3.97. The standard InChI is InChI=1S/C16H20F3N3O3/c1-9(16(17,18)19)22-7-6-11-12(13(22)23)10(8-21(11)5)20-14(24)25-15(2,3)4/h6-9H,1-5H3,(H,20,24). The number of aromatic nitrogens is 2. The van der Waals surface area contributed by atoms with Crippen LogP contribution in [0.4, 0.5) is 23.7 Å². The number of hydrogen-bond acceptors (Lipinski definition) is 3. The first-order chi connectivity index (χ1) is 11.3. The van der Waals surface area contributed by atoms with E-state index in [2.05, 4.69) is 5.32 Å². The number of rotatable bonds is 2. The Kier molecular flexibility index (Phi) is 4.63. The molecule has 0 saturated heterocycles. The summed E-state index contributed by atoms with van der Waals surface area (Å²) >= 11 is 0. The molecule has 1 N–H and O–H groups in total. The van der Waals surface area contributed by atoms with Gasteiger partial charge in [-0.3, -0.25) is 10.1 Å². The summed E-state index contributed by atoms with van der Waals surface area (Å²) in [7, 11) is 1.62. The fraction of sp³-hybridized carbons (Fsp3) is 0.500. The molecule has 1 unspecified atom stereocenters. The first-order valence-corrected chi connectivity index (χ1v) is 7.58. The number of anilines is 1. The van der Waals surface area contributed by atoms with Crippen molar-refractivity contribution in [3.63, 3.8) is 0 Å². The predicted octanol–water partition coefficient (Wildman–Crippen LogP) is 3.81. The summed E-state index contributed by atoms with van der Waals surface area (Å²) in [5.41, 5.74) is -1.09. The van der Waals surface area contributed by atoms with E-state index in [1.165, 1.54) is 12.3 Å². The topological polar surface area (TPSA) is 65.3 Å². The van der Waals surface area contributed by atoms with Gasteiger partial charge in [0.1, 0.15) is 11.6 Å². The molecule has 2 aromatic heterocycles. The Labute approximate surface area is 142 Å². The number of nitrogens with one attached hydrogen (secondary N) is 1. The molecule has 0 saturated carbocycles. The number of hydrogen-bond donors (Lipinski definition) is 1. The first kappa shape index (κ1) is 18.9. The maximum atomic E-state index is 13.0. The number of aryl methyl sites for hydroxylation is 1. The van der Waals surface area contributed by atoms with Gasteiger partial charge in [0.05, 0.1) is 16.6 Å². The largest absolute Gasteiger partial charge is 0.444 e. The second-order valence-electron chi connectivity index (χ2n) is 6.79. The van der Waals surface area contributed by atoms with Crippen molar-refractivity contribution in [1.82, 2.24) is 9.13 Å². The monoisotopic (exact) mass is 359 g/mol. The number of pyridine rings is 1. The Bertz CT molecular complexity index is 860. The summed E-state index contributed by atoms with van der Waals surface area (Å²) in [4.78, 5) is 24.5. The third-order valence-corrected chi connectivity index (χ3v) is 3.60. The Morgan fingerprint density at radius 3 is 2.40 bits per heavy atom. The molecule has 2 heterocycles. The second kappa shape index (κ2) is 6.12. The summed E-state index contributed by atoms with van der Waals surface area (Å²) in [6.45, 7) is 5.92. The van der Waals surface area contributed by atoms with Gasteiger partial charge in [0.15, 0.2) is 0 Å². The number of alkyl halides is 3. The molecule has 2 rings (SSSR count). The quantitative estimate of drug-likeness (QED) is 0.887. The van der Waals surface area contributed by atoms with Gasteiger partial charge in [0.2, 0.25) is 0 Å². The molecule has 0 aliphatic heterocycles. The normalized spacial score (nSPS) is 13.8. The Balaban J connectivity index is 2.52. The van der Waals surface area contributed by atoms with Crippen LogP contribution in [0.1, 0.15) is 33.7 Å². The summed E-state index contributed by atoms with van der Waals surface area (Å²) in [5.74, 6) is 0. The van der Waals surface area contributed by atoms with Crippen molar-refractivity contribution in [2.45, 2.75) is 45.5 Å². The minimum absolute atomic E-state index is 0.00745. The molecule has 0 bridgehead atoms. The van der Waals surface area contributed by atoms with Crippen LogP contribution in [0.15, 0.2) is 23.3 Å². The molecule has 0 aliphatic carbocycles. The van der Waals surface area contributed by atoms with Crippen molar-refractivity contribution >= 4 is 22.7 Å². The van der Waals surface area contributed by atoms with E-state index < -0.39 is 29.5 Å². The smallest absolute Gasteiger partial charge is 0.412 e. The maximum Gasteiger partial charge on any atom is 0.412 e. The highest BCUT2D eigenvalue weighted by atomic mass is 19.4. The molecule has 25 heavy (non-hydrogen) atoms. The van der Waals surface area contributed by atoms with Gasteiger partial charge in [-0.1, -0.05) is 0 Å². The van der Waals surface area contributed by atoms with Gasteiger partial charge < -0.3 is 13.9 Å². The molecule has 6 nitrogen and oxygen atoms in total. The van der Waals surface area contributed by atoms with Gasteiger partial charge >= 0.3 is 12.3 Å². The van der Waals surface area contributed by atoms with Gasteiger partial charge in [-0.15, -0.1) is 0 Å². The lowest BCUT2D eigenvalue weighted by Gasteiger charge is -2.20. The van der Waals surface area contributed by atoms with Crippen LogP contribution in [0.5, 0.6) is 0 Å². The molecule has 0 fully saturated rings. The zero-order valence-corrected chi connectivity index (χ0v) is 14.6. The molecule has 9 heteroatoms. The van der Waals surface area contributed by atoms with Crippen LogP contribution >= 0.6 is 0 Å². The number of carbonyl (C=O) groups is 1. The van der Waals surface area contributed by atoms with Crippen LogP contribution in [0.2, 0.25) is 0 Å². The lowest BCUT2D eigenvalue weighted by atomic mass is 10.2. The van der Waals surface area contributed by atoms with Crippen molar-refractivity contribution in [3.05, 3.63) is 28.8 Å². The summed E-state index contributed by atoms with van der Waals surface area (Å²) in [6.07, 6.45) is -2.80. The van der Waals surface area contributed by atoms with Gasteiger partial charge in [0.25, 0.3) is 5.56 Å². The molecule has 2 aromatic rings. The lowest BCUT2D eigenvalue weighted by Crippen LogP contribution is -2.32. The van der Waals surface area contributed by atoms with E-state index in [0.29, 0.717) is 10.1 Å². The van der Waals surface area contributed by atoms with Gasteiger partial charge in [-0.25, -0.2) is 4.79 Å². The van der Waals surface area contributed by atoms with E-state index in [0.717, 1.165) is 13.1 Å². The summed E-state index contributed by atoms with van der Waals surface area (Å²) < 4.78 is 46.2. The molecule has 138 valence electrons. The van der Waals surface area contributed by atoms with Crippen LogP contribution in [0.3, 0.4) is 0 Å². The second-order valence-corrected chi connectivity index (χ2v) is 6.79. The van der Waals surface area contributed by atoms with Crippen LogP contribution in [0, 0.1) is 0 Å². The van der Waals surface area contributed by atoms with Gasteiger partial charge in [-0.2, -0.15) is 13.2 Å². The van der Waals surface area contributed by atoms with Crippen molar-refractivity contribution in [3.8, 4) is 0 Å². The van der Waals surface area contributed by atoms with E-state index in [1.54, 1.807) is 32.4 Å². The highest BCUT2D eigenvalue weighted by Crippen LogP contribution is 2.30. The van der Waals surface area contributed by atoms with Crippen molar-refractivity contribution in [2.75, 3.05) is 5.32 Å². The van der Waals surface area contributed by atoms with Crippen molar-refractivity contribution in [1.29, 1.82) is 0 Å². The minimum Gasteiger partial charge on any atom is -0.444 e. The van der Waals surface area contributed by atoms with E-state index in [4.69, 9.17) is 4.74 Å². The zero-order valence-electron chi connectivity index (χ0n) is 14.6. The minimum atomic E-state index is -4.56. The van der Waals surface area contributed by atoms with E-state index in [9.17, 15) is 22.8 Å². The summed E-state index contributed by atoms with van der Waals surface area (Å²) in [6, 6.07) is -0.585. The van der Waals surface area contributed by atoms with Gasteiger partial charge in [0, 0.05) is 19.4 Å². The summed E-state index contributed by atoms with van der Waals surface area (Å²) in [5, 5.41) is 2.42. The molecule has 0 radical (unpaired) electrons. The Morgan fingerprint density at radius 1 is 1.28 bits per heavy atom. The number of fused-ring (bicyclic) bond motifs is 1. The highest BCUT2D eigenvalue weighted by molar-refractivity contribution is 5.99. The number of ether oxygens (including phenoxy) is 1. The van der Waals surface area contributed by atoms with Crippen LogP contribution in [-0.2, 0) is 11.8 Å². The zero-order chi connectivity index (χ0) is 19.2. The SMILES string of the molecule is CC(n1ccc2c(c(NC(=O)OC(C)(C)C)cn2C)c1=O)C(F)(F)F. The maximum absolute atomic E-state index is 13.0. The molecule has 1 atom stereocenters. The first-order valence-electron chi connectivity index (χ1n) is 7.58. The average molecular weight is 359 g/mol. The molecule has 0 aromatic carbocycles. The molecular formula is C16H20F3N3O3. The van der Waals surface area contributed by atoms with Crippen molar-refractivity contribution < 1.29 is 22.7 Å². The van der Waals surface area contributed by atoms with Crippen LogP contribution in [0.25, 0.3) is 10.9 Å². The molecular weight excluding hydrogens is 339 g/mol. The molecule has 0 spiro atoms.